The van der Waals surface area contributed by atoms with E-state index in [0.717, 1.165) is 27.7 Å². The number of hydrogen-bond donors (Lipinski definition) is 3. The number of halogens is 1. The molecule has 2 amide bonds. The Labute approximate surface area is 133 Å². The van der Waals surface area contributed by atoms with Gasteiger partial charge in [0.05, 0.1) is 16.6 Å². The summed E-state index contributed by atoms with van der Waals surface area (Å²) in [6.45, 7) is 4.57. The monoisotopic (exact) mass is 326 g/mol. The van der Waals surface area contributed by atoms with Crippen molar-refractivity contribution in [1.82, 2.24) is 20.8 Å². The predicted octanol–water partition coefficient (Wildman–Crippen LogP) is 3.43. The van der Waals surface area contributed by atoms with Gasteiger partial charge in [0.1, 0.15) is 0 Å². The maximum atomic E-state index is 11.8. The first kappa shape index (κ1) is 15.9. The molecule has 0 bridgehead atoms. The van der Waals surface area contributed by atoms with E-state index in [1.165, 1.54) is 16.9 Å². The molecule has 21 heavy (non-hydrogen) atoms. The van der Waals surface area contributed by atoms with E-state index in [1.807, 2.05) is 32.2 Å². The van der Waals surface area contributed by atoms with E-state index >= 15 is 0 Å². The highest BCUT2D eigenvalue weighted by molar-refractivity contribution is 7.16. The largest absolute Gasteiger partial charge is 0.338 e. The van der Waals surface area contributed by atoms with Crippen LogP contribution in [0.1, 0.15) is 35.5 Å². The molecule has 1 atom stereocenters. The predicted molar refractivity (Wildman–Crippen MR) is 85.9 cm³/mol. The molecule has 0 saturated carbocycles. The molecular weight excluding hydrogens is 308 g/mol. The molecule has 0 spiro atoms. The van der Waals surface area contributed by atoms with Crippen molar-refractivity contribution in [3.63, 3.8) is 0 Å². The average molecular weight is 327 g/mol. The Morgan fingerprint density at radius 1 is 1.52 bits per heavy atom. The number of hydrogen-bond acceptors (Lipinski definition) is 3. The van der Waals surface area contributed by atoms with Gasteiger partial charge < -0.3 is 10.6 Å². The van der Waals surface area contributed by atoms with Crippen LogP contribution in [0.4, 0.5) is 4.79 Å². The molecule has 5 nitrogen and oxygen atoms in total. The van der Waals surface area contributed by atoms with Crippen LogP contribution in [0.5, 0.6) is 0 Å². The summed E-state index contributed by atoms with van der Waals surface area (Å²) in [5.41, 5.74) is 2.28. The molecule has 0 aliphatic heterocycles. The quantitative estimate of drug-likeness (QED) is 0.712. The van der Waals surface area contributed by atoms with Gasteiger partial charge in [-0.2, -0.15) is 5.10 Å². The summed E-state index contributed by atoms with van der Waals surface area (Å²) in [4.78, 5) is 12.8. The summed E-state index contributed by atoms with van der Waals surface area (Å²) in [7, 11) is 0. The van der Waals surface area contributed by atoms with Crippen molar-refractivity contribution in [1.29, 1.82) is 0 Å². The zero-order valence-corrected chi connectivity index (χ0v) is 13.6. The van der Waals surface area contributed by atoms with E-state index in [2.05, 4.69) is 20.8 Å². The van der Waals surface area contributed by atoms with Crippen molar-refractivity contribution in [2.45, 2.75) is 32.7 Å². The van der Waals surface area contributed by atoms with E-state index in [-0.39, 0.29) is 12.1 Å². The smallest absolute Gasteiger partial charge is 0.315 e. The minimum Gasteiger partial charge on any atom is -0.338 e. The SMILES string of the molecule is Cc1[nH]ncc1CCCNC(=O)N[C@H](C)c1ccc(Cl)s1. The average Bonchev–Trinajstić information content (AvgIpc) is 3.04. The third kappa shape index (κ3) is 4.75. The summed E-state index contributed by atoms with van der Waals surface area (Å²) in [6, 6.07) is 3.57. The third-order valence-electron chi connectivity index (χ3n) is 3.21. The van der Waals surface area contributed by atoms with Gasteiger partial charge in [0, 0.05) is 17.1 Å². The molecule has 0 fully saturated rings. The molecule has 7 heteroatoms. The molecule has 0 radical (unpaired) electrons. The first-order valence-corrected chi connectivity index (χ1v) is 8.04. The Hall–Kier alpha value is -1.53. The Bertz CT molecular complexity index is 595. The number of H-pyrrole nitrogens is 1. The highest BCUT2D eigenvalue weighted by atomic mass is 35.5. The van der Waals surface area contributed by atoms with E-state index in [0.29, 0.717) is 6.54 Å². The number of carbonyl (C=O) groups is 1. The van der Waals surface area contributed by atoms with Crippen LogP contribution in [0.15, 0.2) is 18.3 Å². The van der Waals surface area contributed by atoms with Gasteiger partial charge >= 0.3 is 6.03 Å². The van der Waals surface area contributed by atoms with Gasteiger partial charge in [-0.3, -0.25) is 5.10 Å². The molecule has 2 aromatic heterocycles. The van der Waals surface area contributed by atoms with Gasteiger partial charge in [0.25, 0.3) is 0 Å². The summed E-state index contributed by atoms with van der Waals surface area (Å²) < 4.78 is 0.731. The summed E-state index contributed by atoms with van der Waals surface area (Å²) >= 11 is 7.37. The maximum Gasteiger partial charge on any atom is 0.315 e. The lowest BCUT2D eigenvalue weighted by Gasteiger charge is -2.13. The standard InChI is InChI=1S/C14H19ClN4OS/c1-9-11(8-17-19-9)4-3-7-16-14(20)18-10(2)12-5-6-13(15)21-12/h5-6,8,10H,3-4,7H2,1-2H3,(H,17,19)(H2,16,18,20)/t10-/m1/s1. The second-order valence-corrected chi connectivity index (χ2v) is 6.63. The maximum absolute atomic E-state index is 11.8. The van der Waals surface area contributed by atoms with Crippen LogP contribution in [0.25, 0.3) is 0 Å². The minimum atomic E-state index is -0.157. The second-order valence-electron chi connectivity index (χ2n) is 4.89. The van der Waals surface area contributed by atoms with Crippen LogP contribution in [-0.4, -0.2) is 22.8 Å². The number of carbonyl (C=O) groups excluding carboxylic acids is 1. The lowest BCUT2D eigenvalue weighted by Crippen LogP contribution is -2.37. The van der Waals surface area contributed by atoms with E-state index in [4.69, 9.17) is 11.6 Å². The van der Waals surface area contributed by atoms with Crippen molar-refractivity contribution in [3.05, 3.63) is 38.8 Å². The first-order chi connectivity index (χ1) is 10.1. The normalized spacial score (nSPS) is 12.1. The zero-order chi connectivity index (χ0) is 15.2. The van der Waals surface area contributed by atoms with E-state index in [9.17, 15) is 4.79 Å². The molecule has 0 aliphatic rings. The molecule has 3 N–H and O–H groups in total. The Kier molecular flexibility index (Phi) is 5.64. The van der Waals surface area contributed by atoms with Crippen LogP contribution in [-0.2, 0) is 6.42 Å². The number of rotatable bonds is 6. The van der Waals surface area contributed by atoms with Gasteiger partial charge in [-0.15, -0.1) is 11.3 Å². The number of amides is 2. The van der Waals surface area contributed by atoms with Crippen molar-refractivity contribution < 1.29 is 4.79 Å². The Morgan fingerprint density at radius 2 is 2.33 bits per heavy atom. The summed E-state index contributed by atoms with van der Waals surface area (Å²) in [5.74, 6) is 0. The van der Waals surface area contributed by atoms with E-state index < -0.39 is 0 Å². The number of nitrogens with zero attached hydrogens (tertiary/aromatic N) is 1. The molecular formula is C14H19ClN4OS. The van der Waals surface area contributed by atoms with Gasteiger partial charge in [-0.1, -0.05) is 11.6 Å². The van der Waals surface area contributed by atoms with Crippen molar-refractivity contribution in [2.24, 2.45) is 0 Å². The van der Waals surface area contributed by atoms with Crippen LogP contribution in [0.2, 0.25) is 4.34 Å². The van der Waals surface area contributed by atoms with Gasteiger partial charge in [-0.05, 0) is 44.4 Å². The van der Waals surface area contributed by atoms with Crippen LogP contribution in [0, 0.1) is 6.92 Å². The fourth-order valence-electron chi connectivity index (χ4n) is 1.99. The molecule has 2 aromatic rings. The van der Waals surface area contributed by atoms with Gasteiger partial charge in [0.15, 0.2) is 0 Å². The molecule has 0 unspecified atom stereocenters. The lowest BCUT2D eigenvalue weighted by atomic mass is 10.1. The fourth-order valence-corrected chi connectivity index (χ4v) is 3.05. The summed E-state index contributed by atoms with van der Waals surface area (Å²) in [5, 5.41) is 12.6. The number of thiophene rings is 1. The van der Waals surface area contributed by atoms with E-state index in [1.54, 1.807) is 0 Å². The topological polar surface area (TPSA) is 69.8 Å². The van der Waals surface area contributed by atoms with Crippen molar-refractivity contribution in [2.75, 3.05) is 6.54 Å². The molecule has 2 rings (SSSR count). The van der Waals surface area contributed by atoms with Crippen LogP contribution in [0.3, 0.4) is 0 Å². The van der Waals surface area contributed by atoms with Crippen molar-refractivity contribution >= 4 is 29.0 Å². The Balaban J connectivity index is 1.67. The molecule has 2 heterocycles. The Morgan fingerprint density at radius 3 is 2.95 bits per heavy atom. The second kappa shape index (κ2) is 7.47. The molecule has 0 aliphatic carbocycles. The number of aromatic amines is 1. The molecule has 0 saturated heterocycles. The minimum absolute atomic E-state index is 0.0429. The van der Waals surface area contributed by atoms with Crippen molar-refractivity contribution in [3.8, 4) is 0 Å². The number of aryl methyl sites for hydroxylation is 2. The number of urea groups is 1. The van der Waals surface area contributed by atoms with Crippen LogP contribution < -0.4 is 10.6 Å². The highest BCUT2D eigenvalue weighted by Gasteiger charge is 2.11. The summed E-state index contributed by atoms with van der Waals surface area (Å²) in [6.07, 6.45) is 3.61. The van der Waals surface area contributed by atoms with Gasteiger partial charge in [0.2, 0.25) is 0 Å². The third-order valence-corrected chi connectivity index (χ3v) is 4.62. The van der Waals surface area contributed by atoms with Gasteiger partial charge in [-0.25, -0.2) is 4.79 Å². The number of nitrogens with one attached hydrogen (secondary N) is 3. The highest BCUT2D eigenvalue weighted by Crippen LogP contribution is 2.26. The zero-order valence-electron chi connectivity index (χ0n) is 12.1. The molecule has 114 valence electrons. The fraction of sp³-hybridized carbons (Fsp3) is 0.429. The lowest BCUT2D eigenvalue weighted by molar-refractivity contribution is 0.238. The van der Waals surface area contributed by atoms with Crippen LogP contribution >= 0.6 is 22.9 Å². The first-order valence-electron chi connectivity index (χ1n) is 6.84. The number of aromatic nitrogens is 2. The molecule has 0 aromatic carbocycles.